The molecular formula is C15H26N2O2S. The molecule has 2 N–H and O–H groups in total. The molecule has 0 fully saturated rings. The molecule has 0 bridgehead atoms. The van der Waals surface area contributed by atoms with Gasteiger partial charge < -0.3 is 5.32 Å². The SMILES string of the molecule is CCCNC(C)C(C)c1ccccc1S(=O)(=O)NCC. The van der Waals surface area contributed by atoms with Gasteiger partial charge in [-0.25, -0.2) is 13.1 Å². The Labute approximate surface area is 123 Å². The van der Waals surface area contributed by atoms with Crippen molar-refractivity contribution in [1.29, 1.82) is 0 Å². The van der Waals surface area contributed by atoms with E-state index in [1.54, 1.807) is 19.1 Å². The maximum Gasteiger partial charge on any atom is 0.240 e. The highest BCUT2D eigenvalue weighted by atomic mass is 32.2. The molecule has 0 spiro atoms. The Hall–Kier alpha value is -0.910. The van der Waals surface area contributed by atoms with Gasteiger partial charge in [-0.2, -0.15) is 0 Å². The van der Waals surface area contributed by atoms with Crippen LogP contribution in [0, 0.1) is 0 Å². The third-order valence-electron chi connectivity index (χ3n) is 3.50. The number of hydrogen-bond acceptors (Lipinski definition) is 3. The first-order valence-electron chi connectivity index (χ1n) is 7.26. The maximum atomic E-state index is 12.3. The summed E-state index contributed by atoms with van der Waals surface area (Å²) in [4.78, 5) is 0.388. The van der Waals surface area contributed by atoms with Crippen molar-refractivity contribution in [2.45, 2.75) is 51.0 Å². The Morgan fingerprint density at radius 1 is 1.15 bits per heavy atom. The van der Waals surface area contributed by atoms with Crippen molar-refractivity contribution in [3.05, 3.63) is 29.8 Å². The van der Waals surface area contributed by atoms with Gasteiger partial charge >= 0.3 is 0 Å². The molecule has 2 unspecified atom stereocenters. The molecule has 1 aromatic carbocycles. The Balaban J connectivity index is 3.07. The molecule has 5 heteroatoms. The van der Waals surface area contributed by atoms with E-state index in [0.29, 0.717) is 11.4 Å². The third kappa shape index (κ3) is 4.30. The van der Waals surface area contributed by atoms with Gasteiger partial charge in [-0.15, -0.1) is 0 Å². The molecule has 0 aliphatic heterocycles. The molecule has 1 aromatic rings. The fourth-order valence-electron chi connectivity index (χ4n) is 2.19. The molecule has 0 heterocycles. The quantitative estimate of drug-likeness (QED) is 0.775. The van der Waals surface area contributed by atoms with Crippen molar-refractivity contribution < 1.29 is 8.42 Å². The smallest absolute Gasteiger partial charge is 0.240 e. The van der Waals surface area contributed by atoms with Gasteiger partial charge in [0, 0.05) is 12.6 Å². The number of nitrogens with one attached hydrogen (secondary N) is 2. The van der Waals surface area contributed by atoms with E-state index >= 15 is 0 Å². The lowest BCUT2D eigenvalue weighted by molar-refractivity contribution is 0.476. The molecule has 2 atom stereocenters. The van der Waals surface area contributed by atoms with Gasteiger partial charge in [-0.1, -0.05) is 39.0 Å². The predicted molar refractivity (Wildman–Crippen MR) is 83.5 cm³/mol. The van der Waals surface area contributed by atoms with Crippen molar-refractivity contribution >= 4 is 10.0 Å². The highest BCUT2D eigenvalue weighted by Gasteiger charge is 2.23. The fraction of sp³-hybridized carbons (Fsp3) is 0.600. The largest absolute Gasteiger partial charge is 0.314 e. The van der Waals surface area contributed by atoms with E-state index in [-0.39, 0.29) is 12.0 Å². The number of hydrogen-bond donors (Lipinski definition) is 2. The molecule has 0 aliphatic rings. The molecule has 1 rings (SSSR count). The van der Waals surface area contributed by atoms with Crippen LogP contribution in [0.1, 0.15) is 45.6 Å². The summed E-state index contributed by atoms with van der Waals surface area (Å²) in [7, 11) is -3.42. The van der Waals surface area contributed by atoms with E-state index in [4.69, 9.17) is 0 Å². The molecule has 0 saturated heterocycles. The highest BCUT2D eigenvalue weighted by Crippen LogP contribution is 2.26. The van der Waals surface area contributed by atoms with E-state index < -0.39 is 10.0 Å². The Morgan fingerprint density at radius 3 is 2.40 bits per heavy atom. The molecule has 0 aromatic heterocycles. The van der Waals surface area contributed by atoms with E-state index in [1.165, 1.54) is 0 Å². The summed E-state index contributed by atoms with van der Waals surface area (Å²) in [5.41, 5.74) is 0.865. The summed E-state index contributed by atoms with van der Waals surface area (Å²) in [6.07, 6.45) is 1.06. The maximum absolute atomic E-state index is 12.3. The minimum Gasteiger partial charge on any atom is -0.314 e. The van der Waals surface area contributed by atoms with E-state index in [9.17, 15) is 8.42 Å². The first-order chi connectivity index (χ1) is 9.44. The lowest BCUT2D eigenvalue weighted by Crippen LogP contribution is -2.33. The van der Waals surface area contributed by atoms with Gasteiger partial charge in [-0.05, 0) is 37.4 Å². The minimum absolute atomic E-state index is 0.131. The standard InChI is InChI=1S/C15H26N2O2S/c1-5-11-16-13(4)12(3)14-9-7-8-10-15(14)20(18,19)17-6-2/h7-10,12-13,16-17H,5-6,11H2,1-4H3. The van der Waals surface area contributed by atoms with Crippen molar-refractivity contribution in [1.82, 2.24) is 10.0 Å². The van der Waals surface area contributed by atoms with Gasteiger partial charge in [-0.3, -0.25) is 0 Å². The number of sulfonamides is 1. The molecule has 0 saturated carbocycles. The number of benzene rings is 1. The summed E-state index contributed by atoms with van der Waals surface area (Å²) in [6, 6.07) is 7.47. The van der Waals surface area contributed by atoms with E-state index in [2.05, 4.69) is 30.8 Å². The fourth-order valence-corrected chi connectivity index (χ4v) is 3.54. The summed E-state index contributed by atoms with van der Waals surface area (Å²) < 4.78 is 27.1. The molecule has 0 amide bonds. The summed E-state index contributed by atoms with van der Waals surface area (Å²) in [5, 5.41) is 3.43. The Morgan fingerprint density at radius 2 is 1.80 bits per heavy atom. The molecule has 0 radical (unpaired) electrons. The second kappa shape index (κ2) is 7.76. The zero-order valence-electron chi connectivity index (χ0n) is 12.8. The second-order valence-corrected chi connectivity index (χ2v) is 6.81. The first-order valence-corrected chi connectivity index (χ1v) is 8.74. The van der Waals surface area contributed by atoms with Gasteiger partial charge in [0.2, 0.25) is 10.0 Å². The Bertz CT molecular complexity index is 514. The van der Waals surface area contributed by atoms with Crippen LogP contribution >= 0.6 is 0 Å². The Kier molecular flexibility index (Phi) is 6.65. The monoisotopic (exact) mass is 298 g/mol. The van der Waals surface area contributed by atoms with Crippen LogP contribution in [0.5, 0.6) is 0 Å². The molecule has 114 valence electrons. The van der Waals surface area contributed by atoms with Gasteiger partial charge in [0.05, 0.1) is 4.90 Å². The molecular weight excluding hydrogens is 272 g/mol. The van der Waals surface area contributed by atoms with Crippen LogP contribution in [-0.2, 0) is 10.0 Å². The van der Waals surface area contributed by atoms with Gasteiger partial charge in [0.1, 0.15) is 0 Å². The predicted octanol–water partition coefficient (Wildman–Crippen LogP) is 2.48. The average Bonchev–Trinajstić information content (AvgIpc) is 2.44. The summed E-state index contributed by atoms with van der Waals surface area (Å²) >= 11 is 0. The van der Waals surface area contributed by atoms with Gasteiger partial charge in [0.15, 0.2) is 0 Å². The lowest BCUT2D eigenvalue weighted by atomic mass is 9.94. The van der Waals surface area contributed by atoms with Crippen LogP contribution in [0.3, 0.4) is 0 Å². The third-order valence-corrected chi connectivity index (χ3v) is 5.12. The van der Waals surface area contributed by atoms with E-state index in [1.807, 2.05) is 12.1 Å². The zero-order valence-corrected chi connectivity index (χ0v) is 13.6. The first kappa shape index (κ1) is 17.1. The van der Waals surface area contributed by atoms with Crippen LogP contribution in [0.15, 0.2) is 29.2 Å². The van der Waals surface area contributed by atoms with Crippen LogP contribution in [-0.4, -0.2) is 27.5 Å². The van der Waals surface area contributed by atoms with Crippen LogP contribution in [0.2, 0.25) is 0 Å². The van der Waals surface area contributed by atoms with Crippen molar-refractivity contribution in [3.63, 3.8) is 0 Å². The van der Waals surface area contributed by atoms with Crippen molar-refractivity contribution in [2.24, 2.45) is 0 Å². The normalized spacial score (nSPS) is 15.0. The van der Waals surface area contributed by atoms with Crippen LogP contribution in [0.4, 0.5) is 0 Å². The summed E-state index contributed by atoms with van der Waals surface area (Å²) in [6.45, 7) is 9.40. The second-order valence-electron chi connectivity index (χ2n) is 5.07. The van der Waals surface area contributed by atoms with Crippen molar-refractivity contribution in [3.8, 4) is 0 Å². The van der Waals surface area contributed by atoms with E-state index in [0.717, 1.165) is 18.5 Å². The molecule has 20 heavy (non-hydrogen) atoms. The zero-order chi connectivity index (χ0) is 15.2. The average molecular weight is 298 g/mol. The number of rotatable bonds is 8. The lowest BCUT2D eigenvalue weighted by Gasteiger charge is -2.23. The summed E-state index contributed by atoms with van der Waals surface area (Å²) in [5.74, 6) is 0.131. The topological polar surface area (TPSA) is 58.2 Å². The van der Waals surface area contributed by atoms with Gasteiger partial charge in [0.25, 0.3) is 0 Å². The van der Waals surface area contributed by atoms with Crippen molar-refractivity contribution in [2.75, 3.05) is 13.1 Å². The molecule has 0 aliphatic carbocycles. The van der Waals surface area contributed by atoms with Crippen LogP contribution in [0.25, 0.3) is 0 Å². The molecule has 4 nitrogen and oxygen atoms in total. The van der Waals surface area contributed by atoms with Crippen LogP contribution < -0.4 is 10.0 Å². The minimum atomic E-state index is -3.42. The highest BCUT2D eigenvalue weighted by molar-refractivity contribution is 7.89.